The second-order valence-electron chi connectivity index (χ2n) is 6.63. The van der Waals surface area contributed by atoms with Crippen LogP contribution in [0.3, 0.4) is 0 Å². The monoisotopic (exact) mass is 349 g/mol. The van der Waals surface area contributed by atoms with Crippen LogP contribution in [0.25, 0.3) is 6.08 Å². The summed E-state index contributed by atoms with van der Waals surface area (Å²) in [6, 6.07) is 11.1. The first-order chi connectivity index (χ1) is 12.6. The maximum atomic E-state index is 12.7. The van der Waals surface area contributed by atoms with Gasteiger partial charge in [-0.25, -0.2) is 4.98 Å². The molecule has 2 heterocycles. The van der Waals surface area contributed by atoms with Gasteiger partial charge >= 0.3 is 0 Å². The molecule has 2 aromatic rings. The molecule has 0 aliphatic carbocycles. The molecule has 3 rings (SSSR count). The van der Waals surface area contributed by atoms with Crippen molar-refractivity contribution < 1.29 is 9.59 Å². The topological polar surface area (TPSA) is 62.3 Å². The molecule has 134 valence electrons. The standard InChI is InChI=1S/C21H23N3O2/c1-3-16-7-9-17(10-8-16)21(26)24-12-4-5-18(14-24)20(25)23-19-11-6-15(2)13-22-19/h3,6-11,13,18H,1,4-5,12,14H2,2H3,(H,22,23,25). The fourth-order valence-electron chi connectivity index (χ4n) is 3.09. The number of piperidine rings is 1. The van der Waals surface area contributed by atoms with E-state index in [0.29, 0.717) is 24.5 Å². The number of pyridine rings is 1. The molecule has 0 bridgehead atoms. The van der Waals surface area contributed by atoms with Crippen LogP contribution >= 0.6 is 0 Å². The van der Waals surface area contributed by atoms with E-state index in [0.717, 1.165) is 24.0 Å². The van der Waals surface area contributed by atoms with E-state index in [4.69, 9.17) is 0 Å². The second kappa shape index (κ2) is 7.95. The van der Waals surface area contributed by atoms with Crippen LogP contribution in [-0.4, -0.2) is 34.8 Å². The van der Waals surface area contributed by atoms with E-state index in [2.05, 4.69) is 16.9 Å². The number of aryl methyl sites for hydroxylation is 1. The van der Waals surface area contributed by atoms with E-state index < -0.39 is 0 Å². The fraction of sp³-hybridized carbons (Fsp3) is 0.286. The highest BCUT2D eigenvalue weighted by Gasteiger charge is 2.29. The van der Waals surface area contributed by atoms with Gasteiger partial charge in [-0.05, 0) is 49.1 Å². The summed E-state index contributed by atoms with van der Waals surface area (Å²) < 4.78 is 0. The van der Waals surface area contributed by atoms with Crippen LogP contribution in [0, 0.1) is 12.8 Å². The van der Waals surface area contributed by atoms with Crippen molar-refractivity contribution in [1.29, 1.82) is 0 Å². The minimum atomic E-state index is -0.219. The summed E-state index contributed by atoms with van der Waals surface area (Å²) in [4.78, 5) is 31.2. The zero-order chi connectivity index (χ0) is 18.5. The molecular weight excluding hydrogens is 326 g/mol. The van der Waals surface area contributed by atoms with Crippen LogP contribution in [0.15, 0.2) is 49.2 Å². The largest absolute Gasteiger partial charge is 0.338 e. The molecule has 1 saturated heterocycles. The van der Waals surface area contributed by atoms with Crippen LogP contribution in [-0.2, 0) is 4.79 Å². The Balaban J connectivity index is 1.64. The molecule has 0 saturated carbocycles. The predicted molar refractivity (Wildman–Crippen MR) is 103 cm³/mol. The van der Waals surface area contributed by atoms with Gasteiger partial charge in [0, 0.05) is 24.8 Å². The van der Waals surface area contributed by atoms with Crippen LogP contribution in [0.4, 0.5) is 5.82 Å². The van der Waals surface area contributed by atoms with Gasteiger partial charge in [-0.2, -0.15) is 0 Å². The molecule has 5 nitrogen and oxygen atoms in total. The quantitative estimate of drug-likeness (QED) is 0.918. The van der Waals surface area contributed by atoms with E-state index in [-0.39, 0.29) is 17.7 Å². The Morgan fingerprint density at radius 2 is 2.00 bits per heavy atom. The maximum absolute atomic E-state index is 12.7. The SMILES string of the molecule is C=Cc1ccc(C(=O)N2CCCC(C(=O)Nc3ccc(C)cn3)C2)cc1. The number of hydrogen-bond acceptors (Lipinski definition) is 3. The number of rotatable bonds is 4. The maximum Gasteiger partial charge on any atom is 0.253 e. The van der Waals surface area contributed by atoms with E-state index in [1.54, 1.807) is 35.4 Å². The number of likely N-dealkylation sites (tertiary alicyclic amines) is 1. The molecule has 5 heteroatoms. The average molecular weight is 349 g/mol. The van der Waals surface area contributed by atoms with Crippen molar-refractivity contribution in [2.45, 2.75) is 19.8 Å². The number of carbonyl (C=O) groups is 2. The molecule has 26 heavy (non-hydrogen) atoms. The van der Waals surface area contributed by atoms with Crippen molar-refractivity contribution in [2.24, 2.45) is 5.92 Å². The van der Waals surface area contributed by atoms with Gasteiger partial charge in [0.25, 0.3) is 5.91 Å². The van der Waals surface area contributed by atoms with Crippen LogP contribution < -0.4 is 5.32 Å². The second-order valence-corrected chi connectivity index (χ2v) is 6.63. The Morgan fingerprint density at radius 1 is 1.23 bits per heavy atom. The fourth-order valence-corrected chi connectivity index (χ4v) is 3.09. The molecule has 2 amide bonds. The number of benzene rings is 1. The summed E-state index contributed by atoms with van der Waals surface area (Å²) >= 11 is 0. The minimum Gasteiger partial charge on any atom is -0.338 e. The molecule has 1 aromatic carbocycles. The summed E-state index contributed by atoms with van der Waals surface area (Å²) in [5.74, 6) is 0.208. The highest BCUT2D eigenvalue weighted by molar-refractivity contribution is 5.96. The van der Waals surface area contributed by atoms with Crippen molar-refractivity contribution in [1.82, 2.24) is 9.88 Å². The molecule has 1 aliphatic rings. The number of hydrogen-bond donors (Lipinski definition) is 1. The lowest BCUT2D eigenvalue weighted by molar-refractivity contribution is -0.121. The number of nitrogens with one attached hydrogen (secondary N) is 1. The van der Waals surface area contributed by atoms with Crippen LogP contribution in [0.2, 0.25) is 0 Å². The first-order valence-electron chi connectivity index (χ1n) is 8.82. The van der Waals surface area contributed by atoms with Crippen molar-refractivity contribution in [3.05, 3.63) is 65.9 Å². The Kier molecular flexibility index (Phi) is 5.46. The lowest BCUT2D eigenvalue weighted by Crippen LogP contribution is -2.43. The Hall–Kier alpha value is -2.95. The predicted octanol–water partition coefficient (Wildman–Crippen LogP) is 3.52. The van der Waals surface area contributed by atoms with Gasteiger partial charge in [0.2, 0.25) is 5.91 Å². The van der Waals surface area contributed by atoms with Gasteiger partial charge in [-0.3, -0.25) is 9.59 Å². The first-order valence-corrected chi connectivity index (χ1v) is 8.82. The molecule has 0 spiro atoms. The average Bonchev–Trinajstić information content (AvgIpc) is 2.69. The highest BCUT2D eigenvalue weighted by Crippen LogP contribution is 2.20. The van der Waals surface area contributed by atoms with Gasteiger partial charge in [-0.1, -0.05) is 30.9 Å². The van der Waals surface area contributed by atoms with E-state index in [9.17, 15) is 9.59 Å². The summed E-state index contributed by atoms with van der Waals surface area (Å²) in [5.41, 5.74) is 2.65. The number of nitrogens with zero attached hydrogens (tertiary/aromatic N) is 2. The van der Waals surface area contributed by atoms with Crippen molar-refractivity contribution in [2.75, 3.05) is 18.4 Å². The molecule has 1 atom stereocenters. The molecule has 1 fully saturated rings. The number of anilines is 1. The van der Waals surface area contributed by atoms with E-state index in [1.165, 1.54) is 0 Å². The Bertz CT molecular complexity index is 797. The van der Waals surface area contributed by atoms with E-state index in [1.807, 2.05) is 25.1 Å². The smallest absolute Gasteiger partial charge is 0.253 e. The van der Waals surface area contributed by atoms with Crippen LogP contribution in [0.5, 0.6) is 0 Å². The molecule has 1 N–H and O–H groups in total. The van der Waals surface area contributed by atoms with Gasteiger partial charge in [0.15, 0.2) is 0 Å². The number of amides is 2. The highest BCUT2D eigenvalue weighted by atomic mass is 16.2. The van der Waals surface area contributed by atoms with Gasteiger partial charge < -0.3 is 10.2 Å². The molecular formula is C21H23N3O2. The lowest BCUT2D eigenvalue weighted by Gasteiger charge is -2.32. The van der Waals surface area contributed by atoms with Crippen molar-refractivity contribution >= 4 is 23.7 Å². The third-order valence-corrected chi connectivity index (χ3v) is 4.64. The summed E-state index contributed by atoms with van der Waals surface area (Å²) in [6.45, 7) is 6.77. The normalized spacial score (nSPS) is 16.8. The molecule has 1 unspecified atom stereocenters. The third kappa shape index (κ3) is 4.17. The molecule has 0 radical (unpaired) electrons. The van der Waals surface area contributed by atoms with Crippen LogP contribution in [0.1, 0.15) is 34.3 Å². The third-order valence-electron chi connectivity index (χ3n) is 4.64. The zero-order valence-corrected chi connectivity index (χ0v) is 14.9. The van der Waals surface area contributed by atoms with Gasteiger partial charge in [0.1, 0.15) is 5.82 Å². The Labute approximate surface area is 153 Å². The summed E-state index contributed by atoms with van der Waals surface area (Å²) in [5, 5.41) is 2.85. The summed E-state index contributed by atoms with van der Waals surface area (Å²) in [6.07, 6.45) is 5.06. The van der Waals surface area contributed by atoms with Crippen molar-refractivity contribution in [3.8, 4) is 0 Å². The molecule has 1 aliphatic heterocycles. The Morgan fingerprint density at radius 3 is 2.65 bits per heavy atom. The van der Waals surface area contributed by atoms with Crippen molar-refractivity contribution in [3.63, 3.8) is 0 Å². The number of carbonyl (C=O) groups excluding carboxylic acids is 2. The minimum absolute atomic E-state index is 0.0356. The molecule has 1 aromatic heterocycles. The lowest BCUT2D eigenvalue weighted by atomic mass is 9.96. The first kappa shape index (κ1) is 17.9. The zero-order valence-electron chi connectivity index (χ0n) is 14.9. The number of aromatic nitrogens is 1. The summed E-state index contributed by atoms with van der Waals surface area (Å²) in [7, 11) is 0. The van der Waals surface area contributed by atoms with Gasteiger partial charge in [-0.15, -0.1) is 0 Å². The van der Waals surface area contributed by atoms with Gasteiger partial charge in [0.05, 0.1) is 5.92 Å². The van der Waals surface area contributed by atoms with E-state index >= 15 is 0 Å².